The quantitative estimate of drug-likeness (QED) is 0.298. The lowest BCUT2D eigenvalue weighted by atomic mass is 9.96. The van der Waals surface area contributed by atoms with Crippen LogP contribution in [0.4, 0.5) is 10.8 Å². The molecule has 1 fully saturated rings. The summed E-state index contributed by atoms with van der Waals surface area (Å²) in [6.07, 6.45) is 6.20. The van der Waals surface area contributed by atoms with Gasteiger partial charge in [-0.05, 0) is 31.9 Å². The first-order valence-electron chi connectivity index (χ1n) is 11.2. The summed E-state index contributed by atoms with van der Waals surface area (Å²) in [7, 11) is 1.60. The van der Waals surface area contributed by atoms with Crippen LogP contribution in [-0.4, -0.2) is 34.5 Å². The Balaban J connectivity index is 1.27. The molecule has 4 aromatic rings. The third-order valence-electron chi connectivity index (χ3n) is 5.94. The Labute approximate surface area is 200 Å². The van der Waals surface area contributed by atoms with Gasteiger partial charge in [-0.25, -0.2) is 0 Å². The molecule has 0 unspecified atom stereocenters. The number of carbonyl (C=O) groups is 1. The fraction of sp³-hybridized carbons (Fsp3) is 0.375. The molecule has 0 aliphatic heterocycles. The van der Waals surface area contributed by atoms with E-state index in [2.05, 4.69) is 20.8 Å². The molecule has 1 amide bonds. The number of hydrogen-bond donors (Lipinski definition) is 2. The Bertz CT molecular complexity index is 1280. The number of nitrogens with zero attached hydrogens (tertiary/aromatic N) is 2. The zero-order chi connectivity index (χ0) is 22.8. The number of para-hydroxylation sites is 1. The van der Waals surface area contributed by atoms with Crippen molar-refractivity contribution in [1.29, 1.82) is 0 Å². The SMILES string of the molecule is COc1cc2c(cc1NC(=O)[C@@H](C)Sc1nnc(NC3CCCCC3)s1)oc1ccccc12. The van der Waals surface area contributed by atoms with Crippen molar-refractivity contribution in [1.82, 2.24) is 10.2 Å². The van der Waals surface area contributed by atoms with Crippen molar-refractivity contribution in [2.24, 2.45) is 0 Å². The second-order valence-electron chi connectivity index (χ2n) is 8.25. The minimum absolute atomic E-state index is 0.134. The molecule has 0 saturated heterocycles. The van der Waals surface area contributed by atoms with E-state index in [0.717, 1.165) is 25.8 Å². The maximum absolute atomic E-state index is 12.9. The molecule has 2 aromatic heterocycles. The Morgan fingerprint density at radius 1 is 1.15 bits per heavy atom. The number of aromatic nitrogens is 2. The highest BCUT2D eigenvalue weighted by atomic mass is 32.2. The molecule has 2 heterocycles. The summed E-state index contributed by atoms with van der Waals surface area (Å²) in [5, 5.41) is 17.4. The highest BCUT2D eigenvalue weighted by molar-refractivity contribution is 8.02. The standard InChI is InChI=1S/C24H26N4O3S2/c1-14(32-24-28-27-23(33-24)25-15-8-4-3-5-9-15)22(29)26-18-13-20-17(12-21(18)30-2)16-10-6-7-11-19(16)31-20/h6-7,10-15H,3-5,8-9H2,1-2H3,(H,25,27)(H,26,29)/t14-/m1/s1. The minimum Gasteiger partial charge on any atom is -0.495 e. The Morgan fingerprint density at radius 3 is 2.79 bits per heavy atom. The molecular formula is C24H26N4O3S2. The van der Waals surface area contributed by atoms with Gasteiger partial charge in [0.15, 0.2) is 4.34 Å². The Hall–Kier alpha value is -2.78. The fourth-order valence-electron chi connectivity index (χ4n) is 4.19. The zero-order valence-corrected chi connectivity index (χ0v) is 20.2. The molecule has 7 nitrogen and oxygen atoms in total. The van der Waals surface area contributed by atoms with Gasteiger partial charge in [-0.15, -0.1) is 10.2 Å². The summed E-state index contributed by atoms with van der Waals surface area (Å²) >= 11 is 2.90. The summed E-state index contributed by atoms with van der Waals surface area (Å²) in [5.74, 6) is 0.459. The lowest BCUT2D eigenvalue weighted by molar-refractivity contribution is -0.115. The molecule has 1 atom stereocenters. The number of fused-ring (bicyclic) bond motifs is 3. The van der Waals surface area contributed by atoms with Gasteiger partial charge in [0.2, 0.25) is 11.0 Å². The third kappa shape index (κ3) is 4.79. The molecule has 0 spiro atoms. The van der Waals surface area contributed by atoms with Gasteiger partial charge in [-0.1, -0.05) is 60.6 Å². The van der Waals surface area contributed by atoms with Crippen LogP contribution >= 0.6 is 23.1 Å². The topological polar surface area (TPSA) is 89.3 Å². The molecule has 9 heteroatoms. The van der Waals surface area contributed by atoms with Gasteiger partial charge < -0.3 is 19.8 Å². The molecular weight excluding hydrogens is 456 g/mol. The van der Waals surface area contributed by atoms with Crippen molar-refractivity contribution < 1.29 is 13.9 Å². The maximum Gasteiger partial charge on any atom is 0.237 e. The van der Waals surface area contributed by atoms with E-state index in [4.69, 9.17) is 9.15 Å². The lowest BCUT2D eigenvalue weighted by Gasteiger charge is -2.21. The number of furan rings is 1. The van der Waals surface area contributed by atoms with E-state index in [9.17, 15) is 4.79 Å². The molecule has 2 N–H and O–H groups in total. The second-order valence-corrected chi connectivity index (χ2v) is 10.8. The van der Waals surface area contributed by atoms with E-state index in [-0.39, 0.29) is 11.2 Å². The third-order valence-corrected chi connectivity index (χ3v) is 7.98. The van der Waals surface area contributed by atoms with Crippen molar-refractivity contribution in [3.8, 4) is 5.75 Å². The van der Waals surface area contributed by atoms with Crippen molar-refractivity contribution >= 4 is 61.8 Å². The zero-order valence-electron chi connectivity index (χ0n) is 18.6. The first-order valence-corrected chi connectivity index (χ1v) is 12.9. The fourth-order valence-corrected chi connectivity index (χ4v) is 6.17. The molecule has 1 aliphatic rings. The van der Waals surface area contributed by atoms with Gasteiger partial charge in [0.25, 0.3) is 0 Å². The van der Waals surface area contributed by atoms with Crippen LogP contribution in [0.1, 0.15) is 39.0 Å². The number of carbonyl (C=O) groups excluding carboxylic acids is 1. The van der Waals surface area contributed by atoms with E-state index < -0.39 is 0 Å². The van der Waals surface area contributed by atoms with Crippen LogP contribution in [-0.2, 0) is 4.79 Å². The van der Waals surface area contributed by atoms with Crippen molar-refractivity contribution in [2.75, 3.05) is 17.7 Å². The number of rotatable bonds is 7. The van der Waals surface area contributed by atoms with Crippen molar-refractivity contribution in [3.63, 3.8) is 0 Å². The number of nitrogens with one attached hydrogen (secondary N) is 2. The number of thioether (sulfide) groups is 1. The number of amides is 1. The summed E-state index contributed by atoms with van der Waals surface area (Å²) in [6, 6.07) is 12.1. The van der Waals surface area contributed by atoms with Gasteiger partial charge in [0, 0.05) is 22.9 Å². The molecule has 1 aliphatic carbocycles. The Morgan fingerprint density at radius 2 is 1.97 bits per heavy atom. The number of hydrogen-bond acceptors (Lipinski definition) is 8. The van der Waals surface area contributed by atoms with Crippen LogP contribution in [0.2, 0.25) is 0 Å². The first kappa shape index (κ1) is 22.0. The second kappa shape index (κ2) is 9.61. The largest absolute Gasteiger partial charge is 0.495 e. The van der Waals surface area contributed by atoms with Gasteiger partial charge in [-0.2, -0.15) is 0 Å². The lowest BCUT2D eigenvalue weighted by Crippen LogP contribution is -2.22. The van der Waals surface area contributed by atoms with Crippen molar-refractivity contribution in [3.05, 3.63) is 36.4 Å². The van der Waals surface area contributed by atoms with Gasteiger partial charge in [0.05, 0.1) is 18.0 Å². The molecule has 0 radical (unpaired) electrons. The summed E-state index contributed by atoms with van der Waals surface area (Å²) < 4.78 is 12.3. The van der Waals surface area contributed by atoms with Gasteiger partial charge in [-0.3, -0.25) is 4.79 Å². The van der Waals surface area contributed by atoms with Crippen molar-refractivity contribution in [2.45, 2.75) is 54.7 Å². The normalized spacial score (nSPS) is 15.6. The van der Waals surface area contributed by atoms with Gasteiger partial charge in [0.1, 0.15) is 16.9 Å². The summed E-state index contributed by atoms with van der Waals surface area (Å²) in [5.41, 5.74) is 2.09. The van der Waals surface area contributed by atoms with E-state index in [1.165, 1.54) is 55.2 Å². The van der Waals surface area contributed by atoms with Crippen LogP contribution in [0.3, 0.4) is 0 Å². The predicted molar refractivity (Wildman–Crippen MR) is 135 cm³/mol. The molecule has 1 saturated carbocycles. The minimum atomic E-state index is -0.350. The van der Waals surface area contributed by atoms with E-state index in [1.807, 2.05) is 43.3 Å². The maximum atomic E-state index is 12.9. The van der Waals surface area contributed by atoms with Crippen LogP contribution in [0.25, 0.3) is 21.9 Å². The first-order chi connectivity index (χ1) is 16.1. The molecule has 0 bridgehead atoms. The molecule has 172 valence electrons. The average molecular weight is 483 g/mol. The highest BCUT2D eigenvalue weighted by Crippen LogP contribution is 2.37. The number of benzene rings is 2. The molecule has 2 aromatic carbocycles. The Kier molecular flexibility index (Phi) is 6.41. The molecule has 5 rings (SSSR count). The van der Waals surface area contributed by atoms with Crippen LogP contribution in [0, 0.1) is 0 Å². The summed E-state index contributed by atoms with van der Waals surface area (Å²) in [4.78, 5) is 12.9. The number of methoxy groups -OCH3 is 1. The number of anilines is 2. The van der Waals surface area contributed by atoms with Gasteiger partial charge >= 0.3 is 0 Å². The van der Waals surface area contributed by atoms with E-state index >= 15 is 0 Å². The number of ether oxygens (including phenoxy) is 1. The predicted octanol–water partition coefficient (Wildman–Crippen LogP) is 6.31. The highest BCUT2D eigenvalue weighted by Gasteiger charge is 2.21. The van der Waals surface area contributed by atoms with Crippen LogP contribution in [0.5, 0.6) is 5.75 Å². The molecule has 33 heavy (non-hydrogen) atoms. The monoisotopic (exact) mass is 482 g/mol. The van der Waals surface area contributed by atoms with E-state index in [1.54, 1.807) is 7.11 Å². The average Bonchev–Trinajstić information content (AvgIpc) is 3.42. The van der Waals surface area contributed by atoms with Crippen LogP contribution < -0.4 is 15.4 Å². The van der Waals surface area contributed by atoms with E-state index in [0.29, 0.717) is 23.1 Å². The van der Waals surface area contributed by atoms with Crippen LogP contribution in [0.15, 0.2) is 45.2 Å². The summed E-state index contributed by atoms with van der Waals surface area (Å²) in [6.45, 7) is 1.86. The smallest absolute Gasteiger partial charge is 0.237 e.